The molecule has 23 heavy (non-hydrogen) atoms. The van der Waals surface area contributed by atoms with Crippen molar-refractivity contribution in [3.05, 3.63) is 39.6 Å². The normalized spacial score (nSPS) is 11.8. The molecular weight excluding hydrogens is 306 g/mol. The smallest absolute Gasteiger partial charge is 0.190 e. The summed E-state index contributed by atoms with van der Waals surface area (Å²) in [6, 6.07) is 8.29. The molecule has 0 amide bonds. The number of rotatable bonds is 6. The summed E-state index contributed by atoms with van der Waals surface area (Å²) in [7, 11) is 0. The van der Waals surface area contributed by atoms with E-state index in [1.807, 2.05) is 19.1 Å². The molecule has 0 fully saturated rings. The van der Waals surface area contributed by atoms with Crippen molar-refractivity contribution in [2.24, 2.45) is 4.99 Å². The highest BCUT2D eigenvalue weighted by atomic mass is 32.1. The summed E-state index contributed by atoms with van der Waals surface area (Å²) in [4.78, 5) is 20.5. The van der Waals surface area contributed by atoms with Crippen molar-refractivity contribution in [3.8, 4) is 0 Å². The third kappa shape index (κ3) is 3.72. The topological polar surface area (TPSA) is 37.6 Å². The van der Waals surface area contributed by atoms with Gasteiger partial charge in [0.15, 0.2) is 10.6 Å². The van der Waals surface area contributed by atoms with Gasteiger partial charge in [-0.15, -0.1) is 0 Å². The molecule has 0 N–H and O–H groups in total. The molecule has 2 rings (SSSR count). The maximum atomic E-state index is 11.7. The molecule has 0 unspecified atom stereocenters. The number of hydrogen-bond acceptors (Lipinski definition) is 4. The van der Waals surface area contributed by atoms with E-state index in [9.17, 15) is 4.79 Å². The van der Waals surface area contributed by atoms with E-state index in [-0.39, 0.29) is 5.78 Å². The summed E-state index contributed by atoms with van der Waals surface area (Å²) >= 11 is 1.47. The second-order valence-corrected chi connectivity index (χ2v) is 6.38. The summed E-state index contributed by atoms with van der Waals surface area (Å²) in [5, 5.41) is 0. The predicted octanol–water partition coefficient (Wildman–Crippen LogP) is 4.16. The van der Waals surface area contributed by atoms with Gasteiger partial charge in [-0.05, 0) is 52.0 Å². The van der Waals surface area contributed by atoms with Gasteiger partial charge < -0.3 is 9.47 Å². The number of anilines is 1. The van der Waals surface area contributed by atoms with Gasteiger partial charge in [0, 0.05) is 37.9 Å². The van der Waals surface area contributed by atoms with Crippen LogP contribution >= 0.6 is 11.3 Å². The fourth-order valence-corrected chi connectivity index (χ4v) is 3.82. The third-order valence-corrected chi connectivity index (χ3v) is 5.28. The standard InChI is InChI=1S/C18H25N3OS/c1-6-20(7-2)16-11-9-15(10-12-16)19-18-21(8-3)13(4)17(23-18)14(5)22/h9-12H,6-8H2,1-5H3. The van der Waals surface area contributed by atoms with Crippen LogP contribution in [0.25, 0.3) is 0 Å². The van der Waals surface area contributed by atoms with E-state index < -0.39 is 0 Å². The predicted molar refractivity (Wildman–Crippen MR) is 98.0 cm³/mol. The molecule has 0 aliphatic rings. The summed E-state index contributed by atoms with van der Waals surface area (Å²) in [6.45, 7) is 12.8. The first kappa shape index (κ1) is 17.5. The van der Waals surface area contributed by atoms with E-state index in [2.05, 4.69) is 42.4 Å². The summed E-state index contributed by atoms with van der Waals surface area (Å²) in [5.41, 5.74) is 3.13. The van der Waals surface area contributed by atoms with E-state index in [1.54, 1.807) is 6.92 Å². The number of thiazole rings is 1. The molecule has 1 aromatic heterocycles. The molecule has 0 radical (unpaired) electrons. The number of ketones is 1. The zero-order valence-electron chi connectivity index (χ0n) is 14.6. The Morgan fingerprint density at radius 2 is 1.78 bits per heavy atom. The number of carbonyl (C=O) groups is 1. The Morgan fingerprint density at radius 1 is 1.17 bits per heavy atom. The van der Waals surface area contributed by atoms with Gasteiger partial charge in [-0.25, -0.2) is 4.99 Å². The molecule has 0 atom stereocenters. The third-order valence-electron chi connectivity index (χ3n) is 4.00. The van der Waals surface area contributed by atoms with Crippen molar-refractivity contribution in [1.29, 1.82) is 0 Å². The van der Waals surface area contributed by atoms with Crippen LogP contribution in [0.2, 0.25) is 0 Å². The number of nitrogens with zero attached hydrogens (tertiary/aromatic N) is 3. The lowest BCUT2D eigenvalue weighted by atomic mass is 10.2. The van der Waals surface area contributed by atoms with Crippen LogP contribution in [0.1, 0.15) is 43.1 Å². The largest absolute Gasteiger partial charge is 0.372 e. The summed E-state index contributed by atoms with van der Waals surface area (Å²) in [5.74, 6) is 0.105. The number of benzene rings is 1. The van der Waals surface area contributed by atoms with Gasteiger partial charge in [0.05, 0.1) is 10.6 Å². The Labute approximate surface area is 142 Å². The van der Waals surface area contributed by atoms with Crippen molar-refractivity contribution in [2.75, 3.05) is 18.0 Å². The molecule has 0 aliphatic heterocycles. The van der Waals surface area contributed by atoms with Crippen LogP contribution in [0.5, 0.6) is 0 Å². The van der Waals surface area contributed by atoms with Gasteiger partial charge in [0.2, 0.25) is 0 Å². The highest BCUT2D eigenvalue weighted by molar-refractivity contribution is 7.11. The molecule has 124 valence electrons. The maximum absolute atomic E-state index is 11.7. The van der Waals surface area contributed by atoms with Crippen LogP contribution in [0.3, 0.4) is 0 Å². The highest BCUT2D eigenvalue weighted by Gasteiger charge is 2.12. The Morgan fingerprint density at radius 3 is 2.26 bits per heavy atom. The van der Waals surface area contributed by atoms with Gasteiger partial charge in [-0.2, -0.15) is 0 Å². The first-order chi connectivity index (χ1) is 11.0. The quantitative estimate of drug-likeness (QED) is 0.745. The molecule has 0 saturated carbocycles. The van der Waals surface area contributed by atoms with Gasteiger partial charge in [-0.3, -0.25) is 4.79 Å². The zero-order chi connectivity index (χ0) is 17.0. The SMILES string of the molecule is CCN(CC)c1ccc(N=c2sc(C(C)=O)c(C)n2CC)cc1. The van der Waals surface area contributed by atoms with E-state index in [1.165, 1.54) is 17.0 Å². The Bertz CT molecular complexity index is 737. The number of aromatic nitrogens is 1. The van der Waals surface area contributed by atoms with Crippen LogP contribution in [0.4, 0.5) is 11.4 Å². The van der Waals surface area contributed by atoms with Gasteiger partial charge in [-0.1, -0.05) is 11.3 Å². The number of Topliss-reactive ketones (excluding diaryl/α,β-unsaturated/α-hetero) is 1. The van der Waals surface area contributed by atoms with Gasteiger partial charge in [0.25, 0.3) is 0 Å². The molecule has 2 aromatic rings. The fraction of sp³-hybridized carbons (Fsp3) is 0.444. The van der Waals surface area contributed by atoms with Crippen LogP contribution in [0.15, 0.2) is 29.3 Å². The molecule has 0 bridgehead atoms. The average Bonchev–Trinajstić information content (AvgIpc) is 2.86. The van der Waals surface area contributed by atoms with Gasteiger partial charge >= 0.3 is 0 Å². The number of hydrogen-bond donors (Lipinski definition) is 0. The van der Waals surface area contributed by atoms with Crippen LogP contribution in [-0.2, 0) is 6.54 Å². The van der Waals surface area contributed by atoms with E-state index >= 15 is 0 Å². The molecular formula is C18H25N3OS. The van der Waals surface area contributed by atoms with Crippen molar-refractivity contribution in [2.45, 2.75) is 41.2 Å². The summed E-state index contributed by atoms with van der Waals surface area (Å²) in [6.07, 6.45) is 0. The van der Waals surface area contributed by atoms with Gasteiger partial charge in [0.1, 0.15) is 0 Å². The van der Waals surface area contributed by atoms with E-state index in [0.29, 0.717) is 0 Å². The van der Waals surface area contributed by atoms with Crippen molar-refractivity contribution >= 4 is 28.5 Å². The molecule has 0 saturated heterocycles. The Balaban J connectivity index is 2.42. The van der Waals surface area contributed by atoms with Crippen LogP contribution in [0, 0.1) is 6.92 Å². The molecule has 1 heterocycles. The molecule has 4 nitrogen and oxygen atoms in total. The van der Waals surface area contributed by atoms with Crippen molar-refractivity contribution in [3.63, 3.8) is 0 Å². The highest BCUT2D eigenvalue weighted by Crippen LogP contribution is 2.20. The second-order valence-electron chi connectivity index (χ2n) is 5.40. The minimum Gasteiger partial charge on any atom is -0.372 e. The lowest BCUT2D eigenvalue weighted by Crippen LogP contribution is -2.21. The first-order valence-electron chi connectivity index (χ1n) is 8.12. The molecule has 5 heteroatoms. The molecule has 0 aliphatic carbocycles. The van der Waals surface area contributed by atoms with Crippen LogP contribution < -0.4 is 9.70 Å². The zero-order valence-corrected chi connectivity index (χ0v) is 15.4. The minimum absolute atomic E-state index is 0.105. The second kappa shape index (κ2) is 7.59. The van der Waals surface area contributed by atoms with Crippen molar-refractivity contribution < 1.29 is 4.79 Å². The monoisotopic (exact) mass is 331 g/mol. The molecule has 0 spiro atoms. The summed E-state index contributed by atoms with van der Waals surface area (Å²) < 4.78 is 2.10. The van der Waals surface area contributed by atoms with E-state index in [0.717, 1.165) is 40.7 Å². The number of carbonyl (C=O) groups excluding carboxylic acids is 1. The van der Waals surface area contributed by atoms with Crippen molar-refractivity contribution in [1.82, 2.24) is 4.57 Å². The first-order valence-corrected chi connectivity index (χ1v) is 8.94. The lowest BCUT2D eigenvalue weighted by molar-refractivity contribution is 0.102. The molecule has 1 aromatic carbocycles. The van der Waals surface area contributed by atoms with Crippen LogP contribution in [-0.4, -0.2) is 23.4 Å². The fourth-order valence-electron chi connectivity index (χ4n) is 2.71. The maximum Gasteiger partial charge on any atom is 0.190 e. The van der Waals surface area contributed by atoms with E-state index in [4.69, 9.17) is 4.99 Å². The minimum atomic E-state index is 0.105. The lowest BCUT2D eigenvalue weighted by Gasteiger charge is -2.20. The Hall–Kier alpha value is -1.88. The average molecular weight is 331 g/mol. The Kier molecular flexibility index (Phi) is 5.77.